The number of carboxylic acids is 1. The molecule has 5 heteroatoms. The first kappa shape index (κ1) is 23.1. The van der Waals surface area contributed by atoms with Gasteiger partial charge >= 0.3 is 5.97 Å². The fourth-order valence-corrected chi connectivity index (χ4v) is 6.55. The predicted molar refractivity (Wildman–Crippen MR) is 136 cm³/mol. The van der Waals surface area contributed by atoms with Crippen LogP contribution in [-0.2, 0) is 23.2 Å². The molecule has 0 aliphatic heterocycles. The maximum absolute atomic E-state index is 14.9. The number of hydrogen-bond donors (Lipinski definition) is 1. The van der Waals surface area contributed by atoms with E-state index in [1.54, 1.807) is 19.2 Å². The van der Waals surface area contributed by atoms with Crippen molar-refractivity contribution >= 4 is 5.97 Å². The first-order valence-corrected chi connectivity index (χ1v) is 12.9. The molecule has 0 unspecified atom stereocenters. The third-order valence-electron chi connectivity index (χ3n) is 8.61. The second-order valence-corrected chi connectivity index (χ2v) is 10.6. The van der Waals surface area contributed by atoms with E-state index in [4.69, 9.17) is 9.47 Å². The molecule has 4 nitrogen and oxygen atoms in total. The molecule has 3 aromatic carbocycles. The smallest absolute Gasteiger partial charge is 0.307 e. The number of carbonyl (C=O) groups is 1. The third kappa shape index (κ3) is 3.95. The molecule has 2 fully saturated rings. The van der Waals surface area contributed by atoms with Gasteiger partial charge in [0.25, 0.3) is 0 Å². The summed E-state index contributed by atoms with van der Waals surface area (Å²) in [5.74, 6) is 0.621. The number of rotatable bonds is 7. The van der Waals surface area contributed by atoms with Crippen LogP contribution in [0.15, 0.2) is 54.6 Å². The topological polar surface area (TPSA) is 55.8 Å². The van der Waals surface area contributed by atoms with E-state index >= 15 is 0 Å². The van der Waals surface area contributed by atoms with E-state index in [9.17, 15) is 14.3 Å². The van der Waals surface area contributed by atoms with Gasteiger partial charge in [0.15, 0.2) is 0 Å². The summed E-state index contributed by atoms with van der Waals surface area (Å²) in [6.07, 6.45) is 7.19. The Balaban J connectivity index is 1.27. The van der Waals surface area contributed by atoms with Crippen molar-refractivity contribution in [2.75, 3.05) is 7.11 Å². The summed E-state index contributed by atoms with van der Waals surface area (Å²) in [5.41, 5.74) is 5.94. The van der Waals surface area contributed by atoms with E-state index in [0.29, 0.717) is 23.8 Å². The molecule has 3 aliphatic rings. The van der Waals surface area contributed by atoms with E-state index in [2.05, 4.69) is 18.2 Å². The Hall–Kier alpha value is -3.34. The van der Waals surface area contributed by atoms with Crippen molar-refractivity contribution in [1.29, 1.82) is 0 Å². The van der Waals surface area contributed by atoms with Crippen molar-refractivity contribution in [2.45, 2.75) is 62.9 Å². The zero-order valence-electron chi connectivity index (χ0n) is 20.6. The summed E-state index contributed by atoms with van der Waals surface area (Å²) in [4.78, 5) is 11.6. The Morgan fingerprint density at radius 1 is 1.03 bits per heavy atom. The van der Waals surface area contributed by atoms with Crippen LogP contribution in [0, 0.1) is 11.7 Å². The van der Waals surface area contributed by atoms with Crippen LogP contribution >= 0.6 is 0 Å². The molecule has 6 rings (SSSR count). The number of aliphatic carboxylic acids is 1. The predicted octanol–water partition coefficient (Wildman–Crippen LogP) is 7.03. The van der Waals surface area contributed by atoms with Crippen molar-refractivity contribution in [3.05, 3.63) is 82.7 Å². The number of ether oxygens (including phenoxy) is 2. The summed E-state index contributed by atoms with van der Waals surface area (Å²) < 4.78 is 26.4. The molecule has 1 spiro atoms. The van der Waals surface area contributed by atoms with E-state index in [1.807, 2.05) is 18.2 Å². The van der Waals surface area contributed by atoms with Gasteiger partial charge in [-0.3, -0.25) is 4.79 Å². The Bertz CT molecular complexity index is 1330. The lowest BCUT2D eigenvalue weighted by atomic mass is 9.88. The molecular formula is C31H31FO4. The number of halogens is 1. The molecule has 0 saturated heterocycles. The first-order valence-electron chi connectivity index (χ1n) is 12.9. The lowest BCUT2D eigenvalue weighted by Crippen LogP contribution is -2.11. The molecule has 186 valence electrons. The molecule has 0 bridgehead atoms. The van der Waals surface area contributed by atoms with Crippen LogP contribution in [0.1, 0.15) is 66.7 Å². The quantitative estimate of drug-likeness (QED) is 0.390. The van der Waals surface area contributed by atoms with Gasteiger partial charge in [0.2, 0.25) is 0 Å². The molecule has 1 N–H and O–H groups in total. The number of methoxy groups -OCH3 is 1. The second-order valence-electron chi connectivity index (χ2n) is 10.6. The van der Waals surface area contributed by atoms with E-state index in [-0.39, 0.29) is 17.2 Å². The van der Waals surface area contributed by atoms with Gasteiger partial charge in [-0.1, -0.05) is 37.1 Å². The summed E-state index contributed by atoms with van der Waals surface area (Å²) in [6, 6.07) is 17.3. The Morgan fingerprint density at radius 2 is 1.83 bits per heavy atom. The largest absolute Gasteiger partial charge is 0.497 e. The summed E-state index contributed by atoms with van der Waals surface area (Å²) in [6.45, 7) is 0.411. The lowest BCUT2D eigenvalue weighted by molar-refractivity contribution is -0.139. The Labute approximate surface area is 211 Å². The molecule has 0 heterocycles. The fraction of sp³-hybridized carbons (Fsp3) is 0.387. The van der Waals surface area contributed by atoms with Crippen molar-refractivity contribution in [1.82, 2.24) is 0 Å². The third-order valence-corrected chi connectivity index (χ3v) is 8.61. The summed E-state index contributed by atoms with van der Waals surface area (Å²) in [5, 5.41) is 9.53. The number of hydrogen-bond acceptors (Lipinski definition) is 3. The highest BCUT2D eigenvalue weighted by molar-refractivity contribution is 5.78. The molecule has 2 saturated carbocycles. The van der Waals surface area contributed by atoms with Gasteiger partial charge in [-0.2, -0.15) is 0 Å². The molecule has 0 aromatic heterocycles. The highest BCUT2D eigenvalue weighted by Crippen LogP contribution is 2.62. The molecule has 0 radical (unpaired) electrons. The monoisotopic (exact) mass is 486 g/mol. The number of benzene rings is 3. The molecule has 2 atom stereocenters. The summed E-state index contributed by atoms with van der Waals surface area (Å²) in [7, 11) is 1.60. The lowest BCUT2D eigenvalue weighted by Gasteiger charge is -2.19. The van der Waals surface area contributed by atoms with Crippen LogP contribution in [-0.4, -0.2) is 18.2 Å². The zero-order chi connectivity index (χ0) is 24.9. The molecule has 0 amide bonds. The van der Waals surface area contributed by atoms with Gasteiger partial charge in [-0.15, -0.1) is 0 Å². The van der Waals surface area contributed by atoms with Crippen molar-refractivity contribution in [2.24, 2.45) is 5.92 Å². The van der Waals surface area contributed by atoms with Gasteiger partial charge in [-0.05, 0) is 96.2 Å². The first-order chi connectivity index (χ1) is 17.5. The highest BCUT2D eigenvalue weighted by Gasteiger charge is 2.61. The Morgan fingerprint density at radius 3 is 2.58 bits per heavy atom. The number of aryl methyl sites for hydroxylation is 1. The minimum absolute atomic E-state index is 0.196. The van der Waals surface area contributed by atoms with Gasteiger partial charge in [-0.25, -0.2) is 4.39 Å². The van der Waals surface area contributed by atoms with Crippen molar-refractivity contribution < 1.29 is 23.8 Å². The van der Waals surface area contributed by atoms with Gasteiger partial charge in [0.05, 0.1) is 13.0 Å². The van der Waals surface area contributed by atoms with Crippen LogP contribution in [0.25, 0.3) is 11.1 Å². The maximum atomic E-state index is 14.9. The van der Waals surface area contributed by atoms with Crippen molar-refractivity contribution in [3.63, 3.8) is 0 Å². The highest BCUT2D eigenvalue weighted by atomic mass is 19.1. The second kappa shape index (κ2) is 8.95. The fourth-order valence-electron chi connectivity index (χ4n) is 6.55. The average Bonchev–Trinajstić information content (AvgIpc) is 3.20. The average molecular weight is 487 g/mol. The van der Waals surface area contributed by atoms with Crippen LogP contribution < -0.4 is 9.47 Å². The normalized spacial score (nSPS) is 22.6. The van der Waals surface area contributed by atoms with Crippen molar-refractivity contribution in [3.8, 4) is 22.6 Å². The van der Waals surface area contributed by atoms with Crippen LogP contribution in [0.4, 0.5) is 4.39 Å². The maximum Gasteiger partial charge on any atom is 0.307 e. The van der Waals surface area contributed by atoms with E-state index in [0.717, 1.165) is 54.5 Å². The minimum atomic E-state index is -0.693. The van der Waals surface area contributed by atoms with Gasteiger partial charge < -0.3 is 14.6 Å². The molecule has 3 aromatic rings. The standard InChI is InChI=1S/C31H31FO4/c1-35-22-9-11-29(32)26(15-22)24-10-6-19(14-25(24)20-4-2-3-5-20)18-36-23-8-7-21-12-13-31(27(21)16-23)17-28(31)30(33)34/h6-11,14-16,20,28H,2-5,12-13,17-18H2,1H3,(H,33,34)/t28-,31-/m0/s1. The zero-order valence-corrected chi connectivity index (χ0v) is 20.6. The molecule has 3 aliphatic carbocycles. The molecular weight excluding hydrogens is 455 g/mol. The van der Waals surface area contributed by atoms with Gasteiger partial charge in [0, 0.05) is 11.0 Å². The SMILES string of the molecule is COc1ccc(F)c(-c2ccc(COc3ccc4c(c3)[C@]3(CC4)C[C@H]3C(=O)O)cc2C2CCCC2)c1. The molecule has 36 heavy (non-hydrogen) atoms. The van der Waals surface area contributed by atoms with Gasteiger partial charge in [0.1, 0.15) is 23.9 Å². The van der Waals surface area contributed by atoms with Crippen LogP contribution in [0.2, 0.25) is 0 Å². The van der Waals surface area contributed by atoms with Crippen LogP contribution in [0.5, 0.6) is 11.5 Å². The van der Waals surface area contributed by atoms with Crippen LogP contribution in [0.3, 0.4) is 0 Å². The van der Waals surface area contributed by atoms with E-state index < -0.39 is 5.97 Å². The number of fused-ring (bicyclic) bond motifs is 2. The Kier molecular flexibility index (Phi) is 5.74. The summed E-state index contributed by atoms with van der Waals surface area (Å²) >= 11 is 0. The minimum Gasteiger partial charge on any atom is -0.497 e. The van der Waals surface area contributed by atoms with E-state index in [1.165, 1.54) is 30.0 Å². The number of carboxylic acid groups (broad SMARTS) is 1.